The first-order valence-corrected chi connectivity index (χ1v) is 12.1. The molecular weight excluding hydrogens is 473 g/mol. The molecule has 2 aromatic rings. The molecule has 2 atom stereocenters. The Kier molecular flexibility index (Phi) is 6.01. The second-order valence-corrected chi connectivity index (χ2v) is 9.45. The number of aliphatic imine (C=N–C) groups is 1. The minimum absolute atomic E-state index is 0.0292. The maximum absolute atomic E-state index is 13.9. The van der Waals surface area contributed by atoms with E-state index in [9.17, 15) is 18.0 Å². The van der Waals surface area contributed by atoms with E-state index in [-0.39, 0.29) is 29.3 Å². The van der Waals surface area contributed by atoms with Crippen molar-refractivity contribution in [2.45, 2.75) is 69.9 Å². The van der Waals surface area contributed by atoms with Crippen LogP contribution in [-0.2, 0) is 6.18 Å². The van der Waals surface area contributed by atoms with Crippen molar-refractivity contribution in [2.24, 2.45) is 4.99 Å². The monoisotopic (exact) mass is 502 g/mol. The van der Waals surface area contributed by atoms with Gasteiger partial charge in [-0.2, -0.15) is 13.2 Å². The molecule has 0 saturated heterocycles. The quantitative estimate of drug-likeness (QED) is 0.586. The summed E-state index contributed by atoms with van der Waals surface area (Å²) in [5.74, 6) is 0.435. The Labute approximate surface area is 206 Å². The molecule has 12 heteroatoms. The molecule has 2 aliphatic heterocycles. The van der Waals surface area contributed by atoms with Crippen molar-refractivity contribution in [1.29, 1.82) is 0 Å². The number of alkyl halides is 3. The topological polar surface area (TPSA) is 99.5 Å². The van der Waals surface area contributed by atoms with E-state index in [0.29, 0.717) is 0 Å². The Morgan fingerprint density at radius 3 is 2.69 bits per heavy atom. The lowest BCUT2D eigenvalue weighted by Crippen LogP contribution is -2.59. The van der Waals surface area contributed by atoms with Gasteiger partial charge in [0.25, 0.3) is 5.91 Å². The molecule has 3 aliphatic rings. The third-order valence-electron chi connectivity index (χ3n) is 7.30. The fraction of sp³-hybridized carbons (Fsp3) is 0.500. The van der Waals surface area contributed by atoms with Crippen LogP contribution in [0.25, 0.3) is 5.70 Å². The van der Waals surface area contributed by atoms with Crippen LogP contribution >= 0.6 is 0 Å². The van der Waals surface area contributed by atoms with E-state index < -0.39 is 23.3 Å². The molecule has 1 fully saturated rings. The number of hydrogen-bond donors (Lipinski definition) is 3. The summed E-state index contributed by atoms with van der Waals surface area (Å²) in [5.41, 5.74) is -1.25. The maximum atomic E-state index is 13.9. The number of carbonyl (C=O) groups is 1. The van der Waals surface area contributed by atoms with E-state index in [1.807, 2.05) is 11.5 Å². The first-order chi connectivity index (χ1) is 17.2. The normalized spacial score (nSPS) is 24.3. The second-order valence-electron chi connectivity index (χ2n) is 9.45. The summed E-state index contributed by atoms with van der Waals surface area (Å²) in [7, 11) is 1.37. The Hall–Kier alpha value is -3.41. The zero-order chi connectivity index (χ0) is 25.7. The van der Waals surface area contributed by atoms with Crippen molar-refractivity contribution < 1.29 is 18.0 Å². The third-order valence-corrected chi connectivity index (χ3v) is 7.30. The highest BCUT2D eigenvalue weighted by Gasteiger charge is 2.51. The van der Waals surface area contributed by atoms with Crippen LogP contribution in [-0.4, -0.2) is 50.3 Å². The van der Waals surface area contributed by atoms with E-state index in [1.165, 1.54) is 19.2 Å². The highest BCUT2D eigenvalue weighted by molar-refractivity contribution is 5.99. The van der Waals surface area contributed by atoms with E-state index in [0.717, 1.165) is 49.7 Å². The lowest BCUT2D eigenvalue weighted by Gasteiger charge is -2.51. The minimum Gasteiger partial charge on any atom is -0.355 e. The second kappa shape index (κ2) is 8.91. The van der Waals surface area contributed by atoms with Gasteiger partial charge >= 0.3 is 6.18 Å². The predicted molar refractivity (Wildman–Crippen MR) is 129 cm³/mol. The van der Waals surface area contributed by atoms with Crippen molar-refractivity contribution in [3.05, 3.63) is 47.7 Å². The predicted octanol–water partition coefficient (Wildman–Crippen LogP) is 3.95. The van der Waals surface area contributed by atoms with Gasteiger partial charge in [0.15, 0.2) is 11.5 Å². The zero-order valence-corrected chi connectivity index (χ0v) is 20.4. The van der Waals surface area contributed by atoms with Crippen LogP contribution < -0.4 is 16.0 Å². The molecule has 192 valence electrons. The SMILES string of the molecule is CC[C@@H]1c2nncn2C2=CNC(Nc3ccc(C(=O)NC)cc3C(F)(F)F)=NC2(C)N1C1CCCC1. The number of aromatic nitrogens is 3. The molecule has 0 spiro atoms. The average molecular weight is 503 g/mol. The number of rotatable bonds is 4. The standard InChI is InChI=1S/C24H29F3N8O/c1-4-18-20-33-30-13-34(20)19-12-29-22(32-23(19,2)35(18)15-7-5-6-8-15)31-17-10-9-14(21(36)28-3)11-16(17)24(25,26)27/h9-13,15,18H,4-8H2,1-3H3,(H,28,36)(H2,29,31,32)/t18-,23?/m1/s1. The molecule has 3 N–H and O–H groups in total. The molecule has 1 saturated carbocycles. The van der Waals surface area contributed by atoms with Gasteiger partial charge < -0.3 is 16.0 Å². The first-order valence-electron chi connectivity index (χ1n) is 12.1. The van der Waals surface area contributed by atoms with Gasteiger partial charge in [-0.15, -0.1) is 10.2 Å². The molecular formula is C24H29F3N8O. The maximum Gasteiger partial charge on any atom is 0.418 e. The largest absolute Gasteiger partial charge is 0.418 e. The number of carbonyl (C=O) groups excluding carboxylic acids is 1. The molecule has 5 rings (SSSR count). The molecule has 1 aromatic carbocycles. The average Bonchev–Trinajstić information content (AvgIpc) is 3.54. The van der Waals surface area contributed by atoms with Crippen molar-refractivity contribution in [3.8, 4) is 0 Å². The zero-order valence-electron chi connectivity index (χ0n) is 20.4. The lowest BCUT2D eigenvalue weighted by atomic mass is 9.93. The Morgan fingerprint density at radius 2 is 2.03 bits per heavy atom. The number of halogens is 3. The molecule has 1 amide bonds. The number of amides is 1. The van der Waals surface area contributed by atoms with Crippen molar-refractivity contribution >= 4 is 23.3 Å². The summed E-state index contributed by atoms with van der Waals surface area (Å²) in [6.45, 7) is 4.09. The van der Waals surface area contributed by atoms with Gasteiger partial charge in [0.1, 0.15) is 6.33 Å². The van der Waals surface area contributed by atoms with Gasteiger partial charge in [-0.3, -0.25) is 14.3 Å². The van der Waals surface area contributed by atoms with Crippen LogP contribution in [0.1, 0.15) is 73.7 Å². The van der Waals surface area contributed by atoms with Gasteiger partial charge in [-0.05, 0) is 44.4 Å². The fourth-order valence-corrected chi connectivity index (χ4v) is 5.69. The number of nitrogens with zero attached hydrogens (tertiary/aromatic N) is 5. The molecule has 0 radical (unpaired) electrons. The van der Waals surface area contributed by atoms with Gasteiger partial charge in [0.2, 0.25) is 5.96 Å². The summed E-state index contributed by atoms with van der Waals surface area (Å²) in [6.07, 6.45) is 3.83. The summed E-state index contributed by atoms with van der Waals surface area (Å²) in [5, 5.41) is 16.7. The smallest absolute Gasteiger partial charge is 0.355 e. The summed E-state index contributed by atoms with van der Waals surface area (Å²) in [4.78, 5) is 19.3. The molecule has 1 aromatic heterocycles. The molecule has 1 aliphatic carbocycles. The van der Waals surface area contributed by atoms with Gasteiger partial charge in [0, 0.05) is 24.9 Å². The summed E-state index contributed by atoms with van der Waals surface area (Å²) >= 11 is 0. The Bertz CT molecular complexity index is 1230. The van der Waals surface area contributed by atoms with E-state index in [1.54, 1.807) is 12.5 Å². The molecule has 1 unspecified atom stereocenters. The number of benzene rings is 1. The van der Waals surface area contributed by atoms with Gasteiger partial charge in [0.05, 0.1) is 23.0 Å². The van der Waals surface area contributed by atoms with Crippen LogP contribution in [0, 0.1) is 0 Å². The van der Waals surface area contributed by atoms with Crippen LogP contribution in [0.2, 0.25) is 0 Å². The molecule has 9 nitrogen and oxygen atoms in total. The van der Waals surface area contributed by atoms with Crippen LogP contribution in [0.4, 0.5) is 18.9 Å². The van der Waals surface area contributed by atoms with Crippen LogP contribution in [0.15, 0.2) is 35.7 Å². The number of anilines is 1. The Morgan fingerprint density at radius 1 is 1.28 bits per heavy atom. The summed E-state index contributed by atoms with van der Waals surface area (Å²) in [6, 6.07) is 3.69. The highest BCUT2D eigenvalue weighted by atomic mass is 19.4. The lowest BCUT2D eigenvalue weighted by molar-refractivity contribution is -0.136. The molecule has 36 heavy (non-hydrogen) atoms. The van der Waals surface area contributed by atoms with Crippen LogP contribution in [0.3, 0.4) is 0 Å². The number of guanidine groups is 1. The Balaban J connectivity index is 1.56. The van der Waals surface area contributed by atoms with Gasteiger partial charge in [-0.1, -0.05) is 19.8 Å². The molecule has 3 heterocycles. The van der Waals surface area contributed by atoms with Crippen molar-refractivity contribution in [1.82, 2.24) is 30.3 Å². The third kappa shape index (κ3) is 3.93. The molecule has 0 bridgehead atoms. The number of fused-ring (bicyclic) bond motifs is 3. The van der Waals surface area contributed by atoms with Crippen LogP contribution in [0.5, 0.6) is 0 Å². The fourth-order valence-electron chi connectivity index (χ4n) is 5.69. The van der Waals surface area contributed by atoms with E-state index >= 15 is 0 Å². The van der Waals surface area contributed by atoms with E-state index in [4.69, 9.17) is 4.99 Å². The van der Waals surface area contributed by atoms with Crippen molar-refractivity contribution in [3.63, 3.8) is 0 Å². The van der Waals surface area contributed by atoms with Gasteiger partial charge in [-0.25, -0.2) is 4.99 Å². The summed E-state index contributed by atoms with van der Waals surface area (Å²) < 4.78 is 43.7. The first kappa shape index (κ1) is 24.3. The highest BCUT2D eigenvalue weighted by Crippen LogP contribution is 2.48. The van der Waals surface area contributed by atoms with E-state index in [2.05, 4.69) is 38.0 Å². The number of hydrogen-bond acceptors (Lipinski definition) is 7. The number of nitrogens with one attached hydrogen (secondary N) is 3. The minimum atomic E-state index is -4.67. The van der Waals surface area contributed by atoms with Crippen molar-refractivity contribution in [2.75, 3.05) is 12.4 Å².